The number of benzene rings is 1. The minimum Gasteiger partial charge on any atom is -0.492 e. The monoisotopic (exact) mass is 313 g/mol. The van der Waals surface area contributed by atoms with Crippen LogP contribution in [0.1, 0.15) is 33.6 Å². The number of carbonyl (C=O) groups excluding carboxylic acids is 1. The van der Waals surface area contributed by atoms with Crippen molar-refractivity contribution in [2.24, 2.45) is 5.41 Å². The van der Waals surface area contributed by atoms with E-state index in [2.05, 4.69) is 5.32 Å². The van der Waals surface area contributed by atoms with Gasteiger partial charge < -0.3 is 15.2 Å². The van der Waals surface area contributed by atoms with Crippen molar-refractivity contribution in [1.82, 2.24) is 0 Å². The van der Waals surface area contributed by atoms with Gasteiger partial charge in [-0.3, -0.25) is 9.59 Å². The summed E-state index contributed by atoms with van der Waals surface area (Å²) in [6.45, 7) is 5.57. The van der Waals surface area contributed by atoms with Crippen LogP contribution in [0.25, 0.3) is 0 Å². The quantitative estimate of drug-likeness (QED) is 0.807. The summed E-state index contributed by atoms with van der Waals surface area (Å²) in [4.78, 5) is 22.8. The van der Waals surface area contributed by atoms with E-state index in [1.54, 1.807) is 18.2 Å². The second-order valence-corrected chi connectivity index (χ2v) is 5.81. The highest BCUT2D eigenvalue weighted by molar-refractivity contribution is 6.32. The number of halogens is 1. The molecular formula is C15H20ClNO4. The van der Waals surface area contributed by atoms with Crippen LogP contribution < -0.4 is 10.1 Å². The van der Waals surface area contributed by atoms with Gasteiger partial charge in [-0.2, -0.15) is 0 Å². The second-order valence-electron chi connectivity index (χ2n) is 5.41. The van der Waals surface area contributed by atoms with Crippen molar-refractivity contribution in [3.05, 3.63) is 23.2 Å². The van der Waals surface area contributed by atoms with Crippen LogP contribution in [0.3, 0.4) is 0 Å². The lowest BCUT2D eigenvalue weighted by atomic mass is 9.89. The summed E-state index contributed by atoms with van der Waals surface area (Å²) in [5, 5.41) is 12.0. The van der Waals surface area contributed by atoms with E-state index in [0.717, 1.165) is 6.42 Å². The minimum atomic E-state index is -1.11. The third-order valence-electron chi connectivity index (χ3n) is 2.86. The van der Waals surface area contributed by atoms with E-state index in [0.29, 0.717) is 23.1 Å². The maximum Gasteiger partial charge on any atom is 0.309 e. The molecule has 116 valence electrons. The molecule has 0 aromatic heterocycles. The van der Waals surface area contributed by atoms with E-state index in [1.807, 2.05) is 6.92 Å². The van der Waals surface area contributed by atoms with Crippen molar-refractivity contribution in [2.75, 3.05) is 11.9 Å². The first-order chi connectivity index (χ1) is 9.76. The predicted molar refractivity (Wildman–Crippen MR) is 81.9 cm³/mol. The lowest BCUT2D eigenvalue weighted by molar-refractivity contribution is -0.148. The first-order valence-corrected chi connectivity index (χ1v) is 7.09. The van der Waals surface area contributed by atoms with Crippen molar-refractivity contribution in [2.45, 2.75) is 33.6 Å². The number of hydrogen-bond donors (Lipinski definition) is 2. The zero-order valence-corrected chi connectivity index (χ0v) is 13.2. The molecule has 0 saturated heterocycles. The Balaban J connectivity index is 2.69. The van der Waals surface area contributed by atoms with Crippen molar-refractivity contribution in [1.29, 1.82) is 0 Å². The molecule has 1 amide bonds. The molecule has 0 aliphatic heterocycles. The highest BCUT2D eigenvalue weighted by Gasteiger charge is 2.30. The molecule has 0 spiro atoms. The number of carbonyl (C=O) groups is 2. The Morgan fingerprint density at radius 2 is 2.05 bits per heavy atom. The van der Waals surface area contributed by atoms with E-state index in [4.69, 9.17) is 21.4 Å². The van der Waals surface area contributed by atoms with Gasteiger partial charge in [-0.1, -0.05) is 18.5 Å². The summed E-state index contributed by atoms with van der Waals surface area (Å²) in [5.74, 6) is -0.831. The maximum atomic E-state index is 11.9. The topological polar surface area (TPSA) is 75.6 Å². The highest BCUT2D eigenvalue weighted by Crippen LogP contribution is 2.28. The van der Waals surface area contributed by atoms with Crippen LogP contribution >= 0.6 is 11.6 Å². The molecule has 0 aliphatic rings. The van der Waals surface area contributed by atoms with Crippen LogP contribution in [-0.4, -0.2) is 23.6 Å². The average molecular weight is 314 g/mol. The van der Waals surface area contributed by atoms with Gasteiger partial charge in [0.25, 0.3) is 0 Å². The van der Waals surface area contributed by atoms with Crippen LogP contribution in [0.15, 0.2) is 18.2 Å². The Labute approximate surface area is 129 Å². The molecule has 1 aromatic carbocycles. The molecule has 0 atom stereocenters. The zero-order valence-electron chi connectivity index (χ0n) is 12.4. The lowest BCUT2D eigenvalue weighted by Crippen LogP contribution is -2.29. The number of rotatable bonds is 7. The summed E-state index contributed by atoms with van der Waals surface area (Å²) in [6, 6.07) is 4.93. The highest BCUT2D eigenvalue weighted by atomic mass is 35.5. The van der Waals surface area contributed by atoms with Gasteiger partial charge in [0.15, 0.2) is 0 Å². The molecule has 1 rings (SSSR count). The molecule has 0 unspecified atom stereocenters. The van der Waals surface area contributed by atoms with Crippen molar-refractivity contribution in [3.63, 3.8) is 0 Å². The molecule has 0 saturated carbocycles. The van der Waals surface area contributed by atoms with Gasteiger partial charge in [0, 0.05) is 12.1 Å². The molecule has 2 N–H and O–H groups in total. The molecule has 6 heteroatoms. The van der Waals surface area contributed by atoms with Crippen molar-refractivity contribution < 1.29 is 19.4 Å². The van der Waals surface area contributed by atoms with Crippen molar-refractivity contribution in [3.8, 4) is 5.75 Å². The van der Waals surface area contributed by atoms with Gasteiger partial charge in [0.2, 0.25) is 5.91 Å². The summed E-state index contributed by atoms with van der Waals surface area (Å²) in [7, 11) is 0. The molecule has 0 bridgehead atoms. The zero-order chi connectivity index (χ0) is 16.0. The largest absolute Gasteiger partial charge is 0.492 e. The lowest BCUT2D eigenvalue weighted by Gasteiger charge is -2.18. The van der Waals surface area contributed by atoms with E-state index < -0.39 is 11.4 Å². The van der Waals surface area contributed by atoms with Crippen LogP contribution in [0.5, 0.6) is 5.75 Å². The standard InChI is InChI=1S/C15H20ClNO4/c1-4-7-21-12-6-5-10(8-11(12)16)17-13(18)9-15(2,3)14(19)20/h5-6,8H,4,7,9H2,1-3H3,(H,17,18)(H,19,20). The fraction of sp³-hybridized carbons (Fsp3) is 0.467. The molecule has 0 heterocycles. The normalized spacial score (nSPS) is 11.0. The van der Waals surface area contributed by atoms with Crippen LogP contribution in [0, 0.1) is 5.41 Å². The van der Waals surface area contributed by atoms with Crippen molar-refractivity contribution >= 4 is 29.2 Å². The fourth-order valence-electron chi connectivity index (χ4n) is 1.59. The Hall–Kier alpha value is -1.75. The molecule has 5 nitrogen and oxygen atoms in total. The van der Waals surface area contributed by atoms with Gasteiger partial charge in [-0.25, -0.2) is 0 Å². The second kappa shape index (κ2) is 7.31. The maximum absolute atomic E-state index is 11.9. The number of aliphatic carboxylic acids is 1. The third-order valence-corrected chi connectivity index (χ3v) is 3.15. The number of nitrogens with one attached hydrogen (secondary N) is 1. The average Bonchev–Trinajstić information content (AvgIpc) is 2.36. The SMILES string of the molecule is CCCOc1ccc(NC(=O)CC(C)(C)C(=O)O)cc1Cl. The smallest absolute Gasteiger partial charge is 0.309 e. The molecule has 1 aromatic rings. The van der Waals surface area contributed by atoms with E-state index >= 15 is 0 Å². The minimum absolute atomic E-state index is 0.117. The Bertz CT molecular complexity index is 528. The first-order valence-electron chi connectivity index (χ1n) is 6.72. The van der Waals surface area contributed by atoms with Crippen LogP contribution in [-0.2, 0) is 9.59 Å². The Kier molecular flexibility index (Phi) is 6.03. The number of carboxylic acids is 1. The van der Waals surface area contributed by atoms with E-state index in [-0.39, 0.29) is 12.3 Å². The number of carboxylic acid groups (broad SMARTS) is 1. The number of ether oxygens (including phenoxy) is 1. The van der Waals surface area contributed by atoms with Gasteiger partial charge in [0.1, 0.15) is 5.75 Å². The first kappa shape index (κ1) is 17.3. The summed E-state index contributed by atoms with van der Waals surface area (Å²) in [6.07, 6.45) is 0.757. The van der Waals surface area contributed by atoms with Gasteiger partial charge in [0.05, 0.1) is 17.0 Å². The Morgan fingerprint density at radius 3 is 2.57 bits per heavy atom. The summed E-state index contributed by atoms with van der Waals surface area (Å²) in [5.41, 5.74) is -0.604. The molecule has 0 fully saturated rings. The van der Waals surface area contributed by atoms with E-state index in [1.165, 1.54) is 13.8 Å². The molecule has 0 radical (unpaired) electrons. The molecular weight excluding hydrogens is 294 g/mol. The fourth-order valence-corrected chi connectivity index (χ4v) is 1.82. The molecule has 21 heavy (non-hydrogen) atoms. The van der Waals surface area contributed by atoms with Crippen LogP contribution in [0.2, 0.25) is 5.02 Å². The molecule has 0 aliphatic carbocycles. The summed E-state index contributed by atoms with van der Waals surface area (Å²) >= 11 is 6.06. The Morgan fingerprint density at radius 1 is 1.38 bits per heavy atom. The summed E-state index contributed by atoms with van der Waals surface area (Å²) < 4.78 is 5.44. The number of hydrogen-bond acceptors (Lipinski definition) is 3. The van der Waals surface area contributed by atoms with Gasteiger partial charge in [-0.15, -0.1) is 0 Å². The van der Waals surface area contributed by atoms with Gasteiger partial charge in [-0.05, 0) is 38.5 Å². The predicted octanol–water partition coefficient (Wildman–Crippen LogP) is 3.57. The number of amides is 1. The third kappa shape index (κ3) is 5.27. The van der Waals surface area contributed by atoms with E-state index in [9.17, 15) is 9.59 Å². The van der Waals surface area contributed by atoms with Crippen LogP contribution in [0.4, 0.5) is 5.69 Å². The van der Waals surface area contributed by atoms with Gasteiger partial charge >= 0.3 is 5.97 Å². The number of anilines is 1.